The van der Waals surface area contributed by atoms with Crippen molar-refractivity contribution in [2.75, 3.05) is 39.3 Å². The summed E-state index contributed by atoms with van der Waals surface area (Å²) in [6.07, 6.45) is 0. The highest BCUT2D eigenvalue weighted by Crippen LogP contribution is 2.25. The van der Waals surface area contributed by atoms with Gasteiger partial charge in [0, 0.05) is 32.7 Å². The van der Waals surface area contributed by atoms with Gasteiger partial charge in [-0.25, -0.2) is 8.42 Å². The molecule has 0 aliphatic carbocycles. The van der Waals surface area contributed by atoms with E-state index in [0.29, 0.717) is 50.1 Å². The third kappa shape index (κ3) is 4.50. The van der Waals surface area contributed by atoms with Crippen molar-refractivity contribution in [2.45, 2.75) is 4.90 Å². The summed E-state index contributed by atoms with van der Waals surface area (Å²) in [5.74, 6) is 0.661. The zero-order chi connectivity index (χ0) is 18.6. The van der Waals surface area contributed by atoms with Gasteiger partial charge in [-0.1, -0.05) is 47.5 Å². The Labute approximate surface area is 164 Å². The van der Waals surface area contributed by atoms with Crippen LogP contribution in [0.2, 0.25) is 10.0 Å². The van der Waals surface area contributed by atoms with E-state index < -0.39 is 10.0 Å². The molecule has 0 N–H and O–H groups in total. The third-order valence-electron chi connectivity index (χ3n) is 4.29. The van der Waals surface area contributed by atoms with Crippen molar-refractivity contribution in [3.8, 4) is 5.75 Å². The predicted octanol–water partition coefficient (Wildman–Crippen LogP) is 3.38. The second kappa shape index (κ2) is 8.59. The normalized spacial score (nSPS) is 16.5. The van der Waals surface area contributed by atoms with Crippen molar-refractivity contribution in [1.29, 1.82) is 0 Å². The number of hydrogen-bond acceptors (Lipinski definition) is 4. The van der Waals surface area contributed by atoms with Gasteiger partial charge in [0.25, 0.3) is 0 Å². The van der Waals surface area contributed by atoms with E-state index in [1.54, 1.807) is 30.3 Å². The van der Waals surface area contributed by atoms with Crippen LogP contribution in [-0.4, -0.2) is 57.0 Å². The topological polar surface area (TPSA) is 49.9 Å². The lowest BCUT2D eigenvalue weighted by molar-refractivity contribution is 0.159. The number of piperazine rings is 1. The molecule has 0 aromatic heterocycles. The van der Waals surface area contributed by atoms with Gasteiger partial charge in [0.05, 0.1) is 10.0 Å². The van der Waals surface area contributed by atoms with Crippen molar-refractivity contribution in [3.05, 3.63) is 58.6 Å². The maximum atomic E-state index is 12.7. The number of benzene rings is 2. The second-order valence-corrected chi connectivity index (χ2v) is 8.68. The van der Waals surface area contributed by atoms with Gasteiger partial charge in [-0.15, -0.1) is 0 Å². The van der Waals surface area contributed by atoms with Crippen LogP contribution in [0.5, 0.6) is 5.75 Å². The summed E-state index contributed by atoms with van der Waals surface area (Å²) < 4.78 is 32.7. The van der Waals surface area contributed by atoms with Crippen LogP contribution >= 0.6 is 23.2 Å². The molecule has 1 saturated heterocycles. The number of sulfonamides is 1. The summed E-state index contributed by atoms with van der Waals surface area (Å²) in [5.41, 5.74) is 0. The highest BCUT2D eigenvalue weighted by atomic mass is 35.5. The Morgan fingerprint density at radius 1 is 0.885 bits per heavy atom. The number of rotatable bonds is 6. The Bertz CT molecular complexity index is 853. The second-order valence-electron chi connectivity index (χ2n) is 5.96. The molecule has 1 heterocycles. The van der Waals surface area contributed by atoms with Gasteiger partial charge in [0.1, 0.15) is 17.3 Å². The first kappa shape index (κ1) is 19.5. The molecule has 8 heteroatoms. The van der Waals surface area contributed by atoms with Crippen LogP contribution in [0, 0.1) is 0 Å². The van der Waals surface area contributed by atoms with Crippen LogP contribution in [0.15, 0.2) is 53.4 Å². The molecule has 140 valence electrons. The minimum Gasteiger partial charge on any atom is -0.491 e. The lowest BCUT2D eigenvalue weighted by Crippen LogP contribution is -2.49. The summed E-state index contributed by atoms with van der Waals surface area (Å²) in [4.78, 5) is 2.34. The number of para-hydroxylation sites is 1. The van der Waals surface area contributed by atoms with E-state index >= 15 is 0 Å². The van der Waals surface area contributed by atoms with E-state index in [-0.39, 0.29) is 9.92 Å². The minimum absolute atomic E-state index is 0.164. The van der Waals surface area contributed by atoms with Gasteiger partial charge < -0.3 is 4.74 Å². The first-order valence-electron chi connectivity index (χ1n) is 8.33. The van der Waals surface area contributed by atoms with E-state index in [1.165, 1.54) is 4.31 Å². The first-order chi connectivity index (χ1) is 12.5. The molecule has 1 aliphatic rings. The highest BCUT2D eigenvalue weighted by molar-refractivity contribution is 7.89. The number of ether oxygens (including phenoxy) is 1. The van der Waals surface area contributed by atoms with Crippen LogP contribution in [0.1, 0.15) is 0 Å². The number of halogens is 2. The first-order valence-corrected chi connectivity index (χ1v) is 10.5. The molecule has 0 saturated carbocycles. The fourth-order valence-corrected chi connectivity index (χ4v) is 4.94. The zero-order valence-electron chi connectivity index (χ0n) is 14.1. The van der Waals surface area contributed by atoms with E-state index in [2.05, 4.69) is 4.90 Å². The molecule has 2 aromatic carbocycles. The van der Waals surface area contributed by atoms with Gasteiger partial charge >= 0.3 is 0 Å². The Kier molecular flexibility index (Phi) is 6.42. The van der Waals surface area contributed by atoms with Crippen LogP contribution in [0.4, 0.5) is 0 Å². The van der Waals surface area contributed by atoms with Gasteiger partial charge in [0.15, 0.2) is 0 Å². The monoisotopic (exact) mass is 414 g/mol. The number of nitrogens with zero attached hydrogens (tertiary/aromatic N) is 2. The lowest BCUT2D eigenvalue weighted by atomic mass is 10.3. The standard InChI is InChI=1S/C18H20Cl2N2O3S/c19-15-5-1-3-7-17(15)25-14-13-21-9-11-22(12-10-21)26(23,24)18-8-4-2-6-16(18)20/h1-8H,9-14H2. The molecule has 1 aliphatic heterocycles. The molecule has 2 aromatic rings. The highest BCUT2D eigenvalue weighted by Gasteiger charge is 2.29. The van der Waals surface area contributed by atoms with Crippen LogP contribution in [0.25, 0.3) is 0 Å². The maximum Gasteiger partial charge on any atom is 0.244 e. The molecule has 3 rings (SSSR count). The van der Waals surface area contributed by atoms with E-state index in [4.69, 9.17) is 27.9 Å². The smallest absolute Gasteiger partial charge is 0.244 e. The summed E-state index contributed by atoms with van der Waals surface area (Å²) in [7, 11) is -3.56. The molecule has 0 bridgehead atoms. The molecule has 0 spiro atoms. The third-order valence-corrected chi connectivity index (χ3v) is 7.00. The van der Waals surface area contributed by atoms with Crippen LogP contribution in [-0.2, 0) is 10.0 Å². The van der Waals surface area contributed by atoms with E-state index in [0.717, 1.165) is 0 Å². The molecule has 1 fully saturated rings. The lowest BCUT2D eigenvalue weighted by Gasteiger charge is -2.34. The number of hydrogen-bond donors (Lipinski definition) is 0. The molecule has 0 amide bonds. The van der Waals surface area contributed by atoms with Gasteiger partial charge in [-0.2, -0.15) is 4.31 Å². The molecule has 0 unspecified atom stereocenters. The Hall–Kier alpha value is -1.31. The minimum atomic E-state index is -3.56. The maximum absolute atomic E-state index is 12.7. The molecular formula is C18H20Cl2N2O3S. The molecule has 0 atom stereocenters. The zero-order valence-corrected chi connectivity index (χ0v) is 16.5. The van der Waals surface area contributed by atoms with Crippen molar-refractivity contribution in [2.24, 2.45) is 0 Å². The average molecular weight is 415 g/mol. The van der Waals surface area contributed by atoms with Crippen molar-refractivity contribution >= 4 is 33.2 Å². The van der Waals surface area contributed by atoms with Crippen molar-refractivity contribution in [1.82, 2.24) is 9.21 Å². The Morgan fingerprint density at radius 2 is 1.50 bits per heavy atom. The average Bonchev–Trinajstić information content (AvgIpc) is 2.64. The summed E-state index contributed by atoms with van der Waals surface area (Å²) in [6, 6.07) is 13.9. The van der Waals surface area contributed by atoms with Gasteiger partial charge in [0.2, 0.25) is 10.0 Å². The van der Waals surface area contributed by atoms with E-state index in [9.17, 15) is 8.42 Å². The quantitative estimate of drug-likeness (QED) is 0.726. The van der Waals surface area contributed by atoms with Gasteiger partial charge in [-0.05, 0) is 24.3 Å². The Balaban J connectivity index is 1.51. The molecule has 5 nitrogen and oxygen atoms in total. The van der Waals surface area contributed by atoms with E-state index in [1.807, 2.05) is 18.2 Å². The molecule has 0 radical (unpaired) electrons. The van der Waals surface area contributed by atoms with Crippen LogP contribution in [0.3, 0.4) is 0 Å². The SMILES string of the molecule is O=S(=O)(c1ccccc1Cl)N1CCN(CCOc2ccccc2Cl)CC1. The van der Waals surface area contributed by atoms with Crippen LogP contribution < -0.4 is 4.74 Å². The van der Waals surface area contributed by atoms with Crippen molar-refractivity contribution in [3.63, 3.8) is 0 Å². The fraction of sp³-hybridized carbons (Fsp3) is 0.333. The predicted molar refractivity (Wildman–Crippen MR) is 104 cm³/mol. The largest absolute Gasteiger partial charge is 0.491 e. The summed E-state index contributed by atoms with van der Waals surface area (Å²) in [6.45, 7) is 3.37. The summed E-state index contributed by atoms with van der Waals surface area (Å²) in [5, 5.41) is 0.839. The Morgan fingerprint density at radius 3 is 2.15 bits per heavy atom. The van der Waals surface area contributed by atoms with Crippen molar-refractivity contribution < 1.29 is 13.2 Å². The molecule has 26 heavy (non-hydrogen) atoms. The fourth-order valence-electron chi connectivity index (χ4n) is 2.83. The molecular weight excluding hydrogens is 395 g/mol. The van der Waals surface area contributed by atoms with Gasteiger partial charge in [-0.3, -0.25) is 4.90 Å². The summed E-state index contributed by atoms with van der Waals surface area (Å²) >= 11 is 12.1.